The van der Waals surface area contributed by atoms with Crippen LogP contribution in [0.1, 0.15) is 16.7 Å². The zero-order chi connectivity index (χ0) is 15.6. The number of nitrogens with two attached hydrogens (primary N) is 1. The van der Waals surface area contributed by atoms with Crippen molar-refractivity contribution in [1.29, 1.82) is 0 Å². The van der Waals surface area contributed by atoms with Crippen molar-refractivity contribution in [2.75, 3.05) is 4.72 Å². The topological polar surface area (TPSA) is 72.2 Å². The van der Waals surface area contributed by atoms with Crippen molar-refractivity contribution in [2.45, 2.75) is 18.7 Å². The van der Waals surface area contributed by atoms with Gasteiger partial charge in [0.25, 0.3) is 10.0 Å². The smallest absolute Gasteiger partial charge is 0.261 e. The van der Waals surface area contributed by atoms with Crippen LogP contribution in [-0.4, -0.2) is 13.4 Å². The highest BCUT2D eigenvalue weighted by molar-refractivity contribution is 7.92. The standard InChI is InChI=1S/C15H16N2O2S2/c1-10-3-5-12(6-4-10)17-21(18,19)13-7-8-14(15(16)20)11(2)9-13/h3-9,17H,1-2H3,(H2,16,20). The second kappa shape index (κ2) is 5.83. The summed E-state index contributed by atoms with van der Waals surface area (Å²) in [4.78, 5) is 0.434. The van der Waals surface area contributed by atoms with Gasteiger partial charge in [0, 0.05) is 11.3 Å². The third kappa shape index (κ3) is 3.59. The summed E-state index contributed by atoms with van der Waals surface area (Å²) < 4.78 is 27.2. The van der Waals surface area contributed by atoms with E-state index in [0.717, 1.165) is 11.1 Å². The molecule has 0 unspecified atom stereocenters. The predicted molar refractivity (Wildman–Crippen MR) is 89.1 cm³/mol. The van der Waals surface area contributed by atoms with Gasteiger partial charge in [0.1, 0.15) is 4.99 Å². The van der Waals surface area contributed by atoms with Gasteiger partial charge in [0.05, 0.1) is 4.90 Å². The zero-order valence-corrected chi connectivity index (χ0v) is 13.4. The fourth-order valence-electron chi connectivity index (χ4n) is 1.92. The predicted octanol–water partition coefficient (Wildman–Crippen LogP) is 2.74. The van der Waals surface area contributed by atoms with E-state index in [1.54, 1.807) is 31.2 Å². The molecule has 0 bridgehead atoms. The average molecular weight is 320 g/mol. The summed E-state index contributed by atoms with van der Waals surface area (Å²) in [7, 11) is -3.63. The first-order chi connectivity index (χ1) is 9.79. The molecular formula is C15H16N2O2S2. The van der Waals surface area contributed by atoms with Crippen LogP contribution in [0.3, 0.4) is 0 Å². The highest BCUT2D eigenvalue weighted by atomic mass is 32.2. The lowest BCUT2D eigenvalue weighted by Gasteiger charge is -2.10. The number of rotatable bonds is 4. The Bertz CT molecular complexity index is 782. The Labute approximate surface area is 130 Å². The van der Waals surface area contributed by atoms with Crippen molar-refractivity contribution in [2.24, 2.45) is 5.73 Å². The van der Waals surface area contributed by atoms with Crippen molar-refractivity contribution in [3.8, 4) is 0 Å². The summed E-state index contributed by atoms with van der Waals surface area (Å²) in [5.74, 6) is 0. The van der Waals surface area contributed by atoms with E-state index < -0.39 is 10.0 Å². The maximum atomic E-state index is 12.3. The molecule has 0 radical (unpaired) electrons. The largest absolute Gasteiger partial charge is 0.389 e. The first-order valence-electron chi connectivity index (χ1n) is 6.29. The number of benzene rings is 2. The summed E-state index contributed by atoms with van der Waals surface area (Å²) in [6.45, 7) is 3.72. The quantitative estimate of drug-likeness (QED) is 0.850. The maximum Gasteiger partial charge on any atom is 0.261 e. The van der Waals surface area contributed by atoms with Gasteiger partial charge in [-0.1, -0.05) is 36.0 Å². The number of hydrogen-bond acceptors (Lipinski definition) is 3. The molecule has 110 valence electrons. The molecule has 0 heterocycles. The lowest BCUT2D eigenvalue weighted by Crippen LogP contribution is -2.15. The molecule has 4 nitrogen and oxygen atoms in total. The number of anilines is 1. The molecule has 0 aromatic heterocycles. The zero-order valence-electron chi connectivity index (χ0n) is 11.8. The molecule has 0 saturated heterocycles. The molecule has 0 atom stereocenters. The van der Waals surface area contributed by atoms with Crippen LogP contribution >= 0.6 is 12.2 Å². The van der Waals surface area contributed by atoms with Crippen LogP contribution in [0.25, 0.3) is 0 Å². The van der Waals surface area contributed by atoms with E-state index >= 15 is 0 Å². The number of sulfonamides is 1. The molecular weight excluding hydrogens is 304 g/mol. The first kappa shape index (κ1) is 15.5. The van der Waals surface area contributed by atoms with Gasteiger partial charge in [-0.3, -0.25) is 4.72 Å². The second-order valence-electron chi connectivity index (χ2n) is 4.81. The highest BCUT2D eigenvalue weighted by Gasteiger charge is 2.15. The van der Waals surface area contributed by atoms with Crippen LogP contribution in [0, 0.1) is 13.8 Å². The van der Waals surface area contributed by atoms with Crippen molar-refractivity contribution in [1.82, 2.24) is 0 Å². The van der Waals surface area contributed by atoms with Crippen LogP contribution in [0.15, 0.2) is 47.4 Å². The van der Waals surface area contributed by atoms with Gasteiger partial charge in [-0.05, 0) is 43.7 Å². The monoisotopic (exact) mass is 320 g/mol. The fourth-order valence-corrected chi connectivity index (χ4v) is 3.29. The SMILES string of the molecule is Cc1ccc(NS(=O)(=O)c2ccc(C(N)=S)c(C)c2)cc1. The third-order valence-corrected chi connectivity index (χ3v) is 4.68. The Morgan fingerprint density at radius 3 is 2.24 bits per heavy atom. The van der Waals surface area contributed by atoms with Crippen molar-refractivity contribution in [3.05, 3.63) is 59.2 Å². The van der Waals surface area contributed by atoms with Gasteiger partial charge in [0.15, 0.2) is 0 Å². The minimum atomic E-state index is -3.63. The summed E-state index contributed by atoms with van der Waals surface area (Å²) in [6, 6.07) is 11.8. The van der Waals surface area contributed by atoms with Crippen LogP contribution in [0.5, 0.6) is 0 Å². The Kier molecular flexibility index (Phi) is 4.29. The summed E-state index contributed by atoms with van der Waals surface area (Å²) in [5, 5.41) is 0. The molecule has 0 fully saturated rings. The van der Waals surface area contributed by atoms with E-state index in [2.05, 4.69) is 4.72 Å². The Hall–Kier alpha value is -1.92. The Morgan fingerprint density at radius 1 is 1.10 bits per heavy atom. The van der Waals surface area contributed by atoms with E-state index in [9.17, 15) is 8.42 Å². The Morgan fingerprint density at radius 2 is 1.71 bits per heavy atom. The van der Waals surface area contributed by atoms with Gasteiger partial charge in [0.2, 0.25) is 0 Å². The maximum absolute atomic E-state index is 12.3. The van der Waals surface area contributed by atoms with Gasteiger partial charge >= 0.3 is 0 Å². The minimum absolute atomic E-state index is 0.181. The van der Waals surface area contributed by atoms with Crippen LogP contribution in [0.4, 0.5) is 5.69 Å². The second-order valence-corrected chi connectivity index (χ2v) is 6.93. The van der Waals surface area contributed by atoms with E-state index in [0.29, 0.717) is 11.3 Å². The molecule has 0 aliphatic carbocycles. The van der Waals surface area contributed by atoms with Crippen LogP contribution in [0.2, 0.25) is 0 Å². The van der Waals surface area contributed by atoms with Crippen molar-refractivity contribution in [3.63, 3.8) is 0 Å². The molecule has 0 amide bonds. The molecule has 0 aliphatic rings. The van der Waals surface area contributed by atoms with Gasteiger partial charge in [-0.25, -0.2) is 8.42 Å². The molecule has 0 saturated carbocycles. The summed E-state index contributed by atoms with van der Waals surface area (Å²) >= 11 is 4.92. The van der Waals surface area contributed by atoms with Crippen LogP contribution in [-0.2, 0) is 10.0 Å². The number of hydrogen-bond donors (Lipinski definition) is 2. The fraction of sp³-hybridized carbons (Fsp3) is 0.133. The van der Waals surface area contributed by atoms with E-state index in [-0.39, 0.29) is 9.88 Å². The molecule has 6 heteroatoms. The molecule has 3 N–H and O–H groups in total. The first-order valence-corrected chi connectivity index (χ1v) is 8.19. The molecule has 21 heavy (non-hydrogen) atoms. The molecule has 0 aliphatic heterocycles. The summed E-state index contributed by atoms with van der Waals surface area (Å²) in [5.41, 5.74) is 8.58. The van der Waals surface area contributed by atoms with E-state index in [1.807, 2.05) is 19.1 Å². The molecule has 0 spiro atoms. The number of nitrogens with one attached hydrogen (secondary N) is 1. The third-order valence-electron chi connectivity index (χ3n) is 3.08. The van der Waals surface area contributed by atoms with E-state index in [1.165, 1.54) is 6.07 Å². The molecule has 2 aromatic rings. The Balaban J connectivity index is 2.33. The van der Waals surface area contributed by atoms with Crippen molar-refractivity contribution >= 4 is 32.9 Å². The minimum Gasteiger partial charge on any atom is -0.389 e. The highest BCUT2D eigenvalue weighted by Crippen LogP contribution is 2.19. The number of aryl methyl sites for hydroxylation is 2. The molecule has 2 rings (SSSR count). The lowest BCUT2D eigenvalue weighted by atomic mass is 10.1. The average Bonchev–Trinajstić information content (AvgIpc) is 2.40. The van der Waals surface area contributed by atoms with Gasteiger partial charge in [-0.2, -0.15) is 0 Å². The number of thiocarbonyl (C=S) groups is 1. The lowest BCUT2D eigenvalue weighted by molar-refractivity contribution is 0.601. The molecule has 2 aromatic carbocycles. The van der Waals surface area contributed by atoms with Gasteiger partial charge < -0.3 is 5.73 Å². The van der Waals surface area contributed by atoms with Crippen molar-refractivity contribution < 1.29 is 8.42 Å². The summed E-state index contributed by atoms with van der Waals surface area (Å²) in [6.07, 6.45) is 0. The van der Waals surface area contributed by atoms with E-state index in [4.69, 9.17) is 18.0 Å². The van der Waals surface area contributed by atoms with Crippen LogP contribution < -0.4 is 10.5 Å². The normalized spacial score (nSPS) is 11.1. The van der Waals surface area contributed by atoms with Gasteiger partial charge in [-0.15, -0.1) is 0 Å².